The van der Waals surface area contributed by atoms with Crippen LogP contribution in [0.15, 0.2) is 41.7 Å². The van der Waals surface area contributed by atoms with Gasteiger partial charge in [0.25, 0.3) is 5.56 Å². The van der Waals surface area contributed by atoms with E-state index in [0.717, 1.165) is 22.4 Å². The van der Waals surface area contributed by atoms with Crippen molar-refractivity contribution >= 4 is 22.5 Å². The lowest BCUT2D eigenvalue weighted by molar-refractivity contribution is -0.0395. The molecular formula is C23H23ClN6O3. The van der Waals surface area contributed by atoms with Crippen molar-refractivity contribution in [1.29, 1.82) is 0 Å². The summed E-state index contributed by atoms with van der Waals surface area (Å²) in [5.41, 5.74) is 4.47. The smallest absolute Gasteiger partial charge is 0.261 e. The maximum atomic E-state index is 13.3. The first-order valence-corrected chi connectivity index (χ1v) is 11.1. The standard InChI is InChI=1S/C23H23ClN6O3/c1-13-15(7-14-3-4-17(25-9-14)18-10-29(2)28-27-18)8-16-22(21(13)24)26-12-30(23(16)32)19-5-6-33-11-20(19)31/h3-4,8-10,12,19-20,31H,5-7,11H2,1-2H3/t19-,20-/m0/s1. The Morgan fingerprint density at radius 3 is 2.82 bits per heavy atom. The third-order valence-electron chi connectivity index (χ3n) is 6.10. The molecule has 33 heavy (non-hydrogen) atoms. The van der Waals surface area contributed by atoms with Crippen molar-refractivity contribution in [3.05, 3.63) is 69.0 Å². The first kappa shape index (κ1) is 21.7. The van der Waals surface area contributed by atoms with Gasteiger partial charge in [0.1, 0.15) is 5.69 Å². The van der Waals surface area contributed by atoms with Crippen molar-refractivity contribution in [2.75, 3.05) is 13.2 Å². The number of aromatic nitrogens is 6. The van der Waals surface area contributed by atoms with E-state index in [2.05, 4.69) is 20.3 Å². The molecule has 4 aromatic rings. The van der Waals surface area contributed by atoms with Gasteiger partial charge in [0.15, 0.2) is 0 Å². The van der Waals surface area contributed by atoms with Crippen LogP contribution in [0.25, 0.3) is 22.3 Å². The maximum Gasteiger partial charge on any atom is 0.261 e. The second-order valence-corrected chi connectivity index (χ2v) is 8.71. The summed E-state index contributed by atoms with van der Waals surface area (Å²) in [5.74, 6) is 0. The number of aryl methyl sites for hydroxylation is 1. The lowest BCUT2D eigenvalue weighted by Gasteiger charge is -2.29. The van der Waals surface area contributed by atoms with Crippen LogP contribution in [0.2, 0.25) is 5.02 Å². The van der Waals surface area contributed by atoms with Gasteiger partial charge in [0.2, 0.25) is 0 Å². The Labute approximate surface area is 194 Å². The van der Waals surface area contributed by atoms with Gasteiger partial charge in [0.05, 0.1) is 52.9 Å². The Morgan fingerprint density at radius 2 is 2.12 bits per heavy atom. The summed E-state index contributed by atoms with van der Waals surface area (Å²) in [6.45, 7) is 2.62. The summed E-state index contributed by atoms with van der Waals surface area (Å²) >= 11 is 6.63. The van der Waals surface area contributed by atoms with Crippen LogP contribution in [-0.2, 0) is 18.2 Å². The van der Waals surface area contributed by atoms with E-state index in [0.29, 0.717) is 41.1 Å². The Morgan fingerprint density at radius 1 is 1.27 bits per heavy atom. The molecule has 0 aliphatic carbocycles. The molecule has 9 nitrogen and oxygen atoms in total. The van der Waals surface area contributed by atoms with Gasteiger partial charge >= 0.3 is 0 Å². The molecular weight excluding hydrogens is 444 g/mol. The van der Waals surface area contributed by atoms with Crippen LogP contribution in [0.1, 0.15) is 29.2 Å². The summed E-state index contributed by atoms with van der Waals surface area (Å²) in [6, 6.07) is 5.36. The average molecular weight is 467 g/mol. The molecule has 0 saturated carbocycles. The van der Waals surface area contributed by atoms with Gasteiger partial charge in [-0.3, -0.25) is 19.0 Å². The van der Waals surface area contributed by atoms with Crippen LogP contribution >= 0.6 is 11.6 Å². The van der Waals surface area contributed by atoms with E-state index in [1.165, 1.54) is 10.9 Å². The molecule has 1 N–H and O–H groups in total. The molecule has 170 valence electrons. The molecule has 0 bridgehead atoms. The SMILES string of the molecule is Cc1c(Cc2ccc(-c3cn(C)nn3)nc2)cc2c(=O)n([C@H]3CCOC[C@@H]3O)cnc2c1Cl. The van der Waals surface area contributed by atoms with Crippen molar-refractivity contribution in [2.24, 2.45) is 7.05 Å². The molecule has 10 heteroatoms. The Hall–Kier alpha value is -3.14. The van der Waals surface area contributed by atoms with E-state index >= 15 is 0 Å². The number of nitrogens with zero attached hydrogens (tertiary/aromatic N) is 6. The monoisotopic (exact) mass is 466 g/mol. The Bertz CT molecular complexity index is 1380. The van der Waals surface area contributed by atoms with Gasteiger partial charge in [-0.1, -0.05) is 22.9 Å². The van der Waals surface area contributed by atoms with Crippen molar-refractivity contribution < 1.29 is 9.84 Å². The van der Waals surface area contributed by atoms with Crippen LogP contribution in [0.4, 0.5) is 0 Å². The molecule has 5 rings (SSSR count). The highest BCUT2D eigenvalue weighted by Crippen LogP contribution is 2.29. The summed E-state index contributed by atoms with van der Waals surface area (Å²) in [7, 11) is 1.81. The molecule has 4 heterocycles. The van der Waals surface area contributed by atoms with E-state index in [-0.39, 0.29) is 18.2 Å². The van der Waals surface area contributed by atoms with Crippen molar-refractivity contribution in [1.82, 2.24) is 29.5 Å². The van der Waals surface area contributed by atoms with E-state index < -0.39 is 6.10 Å². The molecule has 1 aromatic carbocycles. The minimum Gasteiger partial charge on any atom is -0.389 e. The fourth-order valence-corrected chi connectivity index (χ4v) is 4.48. The third kappa shape index (κ3) is 4.03. The molecule has 2 atom stereocenters. The minimum absolute atomic E-state index is 0.201. The lowest BCUT2D eigenvalue weighted by Crippen LogP contribution is -2.39. The molecule has 0 spiro atoms. The second-order valence-electron chi connectivity index (χ2n) is 8.33. The van der Waals surface area contributed by atoms with Crippen LogP contribution in [-0.4, -0.2) is 54.0 Å². The topological polar surface area (TPSA) is 108 Å². The Balaban J connectivity index is 1.51. The first-order chi connectivity index (χ1) is 15.9. The third-order valence-corrected chi connectivity index (χ3v) is 6.56. The number of ether oxygens (including phenoxy) is 1. The van der Waals surface area contributed by atoms with Gasteiger partial charge in [-0.15, -0.1) is 5.10 Å². The molecule has 1 aliphatic heterocycles. The van der Waals surface area contributed by atoms with E-state index in [9.17, 15) is 9.90 Å². The first-order valence-electron chi connectivity index (χ1n) is 10.7. The van der Waals surface area contributed by atoms with Crippen LogP contribution < -0.4 is 5.56 Å². The molecule has 0 radical (unpaired) electrons. The maximum absolute atomic E-state index is 13.3. The highest BCUT2D eigenvalue weighted by atomic mass is 35.5. The van der Waals surface area contributed by atoms with Crippen LogP contribution in [0, 0.1) is 6.92 Å². The molecule has 1 fully saturated rings. The van der Waals surface area contributed by atoms with Crippen molar-refractivity contribution in [3.8, 4) is 11.4 Å². The largest absolute Gasteiger partial charge is 0.389 e. The molecule has 0 unspecified atom stereocenters. The average Bonchev–Trinajstić information content (AvgIpc) is 3.25. The number of benzene rings is 1. The summed E-state index contributed by atoms with van der Waals surface area (Å²) in [4.78, 5) is 22.3. The molecule has 1 saturated heterocycles. The number of aliphatic hydroxyl groups excluding tert-OH is 1. The quantitative estimate of drug-likeness (QED) is 0.492. The Kier molecular flexibility index (Phi) is 5.69. The van der Waals surface area contributed by atoms with E-state index in [1.54, 1.807) is 10.9 Å². The summed E-state index contributed by atoms with van der Waals surface area (Å²) < 4.78 is 8.43. The van der Waals surface area contributed by atoms with E-state index in [1.807, 2.05) is 38.4 Å². The minimum atomic E-state index is -0.755. The molecule has 3 aromatic heterocycles. The predicted octanol–water partition coefficient (Wildman–Crippen LogP) is 2.46. The zero-order chi connectivity index (χ0) is 23.1. The number of aliphatic hydroxyl groups is 1. The fourth-order valence-electron chi connectivity index (χ4n) is 4.21. The number of rotatable bonds is 4. The molecule has 0 amide bonds. The normalized spacial score (nSPS) is 18.7. The van der Waals surface area contributed by atoms with Crippen LogP contribution in [0.3, 0.4) is 0 Å². The zero-order valence-corrected chi connectivity index (χ0v) is 19.0. The summed E-state index contributed by atoms with van der Waals surface area (Å²) in [5, 5.41) is 19.2. The van der Waals surface area contributed by atoms with Crippen LogP contribution in [0.5, 0.6) is 0 Å². The number of halogens is 1. The predicted molar refractivity (Wildman–Crippen MR) is 123 cm³/mol. The van der Waals surface area contributed by atoms with Gasteiger partial charge < -0.3 is 9.84 Å². The highest BCUT2D eigenvalue weighted by Gasteiger charge is 2.27. The number of hydrogen-bond donors (Lipinski definition) is 1. The van der Waals surface area contributed by atoms with E-state index in [4.69, 9.17) is 16.3 Å². The van der Waals surface area contributed by atoms with Crippen molar-refractivity contribution in [2.45, 2.75) is 31.9 Å². The second kappa shape index (κ2) is 8.66. The molecule has 1 aliphatic rings. The highest BCUT2D eigenvalue weighted by molar-refractivity contribution is 6.35. The van der Waals surface area contributed by atoms with Crippen molar-refractivity contribution in [3.63, 3.8) is 0 Å². The van der Waals surface area contributed by atoms with Gasteiger partial charge in [0, 0.05) is 19.9 Å². The number of pyridine rings is 1. The lowest BCUT2D eigenvalue weighted by atomic mass is 9.98. The van der Waals surface area contributed by atoms with Gasteiger partial charge in [-0.05, 0) is 48.6 Å². The summed E-state index contributed by atoms with van der Waals surface area (Å²) in [6.07, 6.45) is 5.43. The van der Waals surface area contributed by atoms with Gasteiger partial charge in [-0.2, -0.15) is 0 Å². The van der Waals surface area contributed by atoms with Gasteiger partial charge in [-0.25, -0.2) is 4.98 Å². The zero-order valence-electron chi connectivity index (χ0n) is 18.3. The fraction of sp³-hybridized carbons (Fsp3) is 0.348. The number of hydrogen-bond acceptors (Lipinski definition) is 7. The number of fused-ring (bicyclic) bond motifs is 1.